The standard InChI is InChI=1S/C27H26Cl3NO3S/c1-4-27(2,3)15-9-10-24-18(11-15)19-12-23(16-7-5-6-8-17(16)26(19)34-24)31-35(32,33)25-14-21(29)20(28)13-22(25)30/h5-8,12-15,31H,4,9-11H2,1-3H3. The molecule has 0 fully saturated rings. The number of sulfonamides is 1. The summed E-state index contributed by atoms with van der Waals surface area (Å²) < 4.78 is 35.9. The molecule has 1 heterocycles. The van der Waals surface area contributed by atoms with Gasteiger partial charge in [0.25, 0.3) is 10.0 Å². The number of benzene rings is 3. The van der Waals surface area contributed by atoms with E-state index >= 15 is 0 Å². The van der Waals surface area contributed by atoms with E-state index in [1.54, 1.807) is 0 Å². The van der Waals surface area contributed by atoms with Crippen molar-refractivity contribution in [3.8, 4) is 0 Å². The van der Waals surface area contributed by atoms with Gasteiger partial charge in [-0.2, -0.15) is 0 Å². The van der Waals surface area contributed by atoms with Crippen molar-refractivity contribution in [1.29, 1.82) is 0 Å². The largest absolute Gasteiger partial charge is 0.460 e. The van der Waals surface area contributed by atoms with Crippen LogP contribution in [0.4, 0.5) is 5.69 Å². The van der Waals surface area contributed by atoms with Gasteiger partial charge in [-0.05, 0) is 42.4 Å². The molecule has 3 aromatic carbocycles. The third kappa shape index (κ3) is 4.31. The van der Waals surface area contributed by atoms with E-state index in [9.17, 15) is 8.42 Å². The van der Waals surface area contributed by atoms with E-state index in [1.165, 1.54) is 17.7 Å². The van der Waals surface area contributed by atoms with E-state index in [0.29, 0.717) is 11.6 Å². The van der Waals surface area contributed by atoms with Crippen molar-refractivity contribution in [3.63, 3.8) is 0 Å². The van der Waals surface area contributed by atoms with Crippen LogP contribution < -0.4 is 4.72 Å². The molecule has 1 aliphatic rings. The molecule has 1 atom stereocenters. The number of anilines is 1. The Hall–Kier alpha value is -1.92. The second-order valence-corrected chi connectivity index (χ2v) is 12.8. The average molecular weight is 551 g/mol. The second-order valence-electron chi connectivity index (χ2n) is 9.93. The molecule has 1 aliphatic carbocycles. The second kappa shape index (κ2) is 8.88. The van der Waals surface area contributed by atoms with Crippen molar-refractivity contribution in [1.82, 2.24) is 0 Å². The fourth-order valence-electron chi connectivity index (χ4n) is 5.05. The first kappa shape index (κ1) is 24.8. The summed E-state index contributed by atoms with van der Waals surface area (Å²) in [6.07, 6.45) is 3.97. The van der Waals surface area contributed by atoms with Gasteiger partial charge < -0.3 is 4.42 Å². The van der Waals surface area contributed by atoms with Gasteiger partial charge in [0, 0.05) is 28.1 Å². The van der Waals surface area contributed by atoms with Crippen LogP contribution in [0.1, 0.15) is 44.9 Å². The first-order valence-corrected chi connectivity index (χ1v) is 14.3. The minimum Gasteiger partial charge on any atom is -0.460 e. The summed E-state index contributed by atoms with van der Waals surface area (Å²) >= 11 is 18.3. The number of halogens is 3. The summed E-state index contributed by atoms with van der Waals surface area (Å²) in [5.41, 5.74) is 2.66. The maximum absolute atomic E-state index is 13.4. The SMILES string of the molecule is CCC(C)(C)C1CCc2oc3c(cc(NS(=O)(=O)c4cc(Cl)c(Cl)cc4Cl)c4ccccc43)c2C1. The monoisotopic (exact) mass is 549 g/mol. The Bertz CT molecular complexity index is 1570. The molecule has 0 amide bonds. The molecule has 0 bridgehead atoms. The number of nitrogens with one attached hydrogen (secondary N) is 1. The zero-order valence-electron chi connectivity index (χ0n) is 19.7. The van der Waals surface area contributed by atoms with Gasteiger partial charge >= 0.3 is 0 Å². The molecule has 35 heavy (non-hydrogen) atoms. The van der Waals surface area contributed by atoms with Crippen LogP contribution in [-0.4, -0.2) is 8.42 Å². The van der Waals surface area contributed by atoms with Crippen LogP contribution in [0.25, 0.3) is 21.7 Å². The quantitative estimate of drug-likeness (QED) is 0.252. The highest BCUT2D eigenvalue weighted by atomic mass is 35.5. The van der Waals surface area contributed by atoms with E-state index in [-0.39, 0.29) is 25.4 Å². The summed E-state index contributed by atoms with van der Waals surface area (Å²) in [7, 11) is -4.04. The van der Waals surface area contributed by atoms with Crippen molar-refractivity contribution in [2.75, 3.05) is 4.72 Å². The van der Waals surface area contributed by atoms with E-state index in [4.69, 9.17) is 39.2 Å². The Balaban J connectivity index is 1.67. The van der Waals surface area contributed by atoms with Gasteiger partial charge in [0.15, 0.2) is 0 Å². The summed E-state index contributed by atoms with van der Waals surface area (Å²) in [4.78, 5) is -0.128. The first-order chi connectivity index (χ1) is 16.5. The molecule has 184 valence electrons. The molecule has 0 radical (unpaired) electrons. The van der Waals surface area contributed by atoms with Crippen molar-refractivity contribution in [2.24, 2.45) is 11.3 Å². The van der Waals surface area contributed by atoms with Gasteiger partial charge in [0.1, 0.15) is 16.2 Å². The summed E-state index contributed by atoms with van der Waals surface area (Å²) in [6.45, 7) is 6.87. The number of aryl methyl sites for hydroxylation is 1. The lowest BCUT2D eigenvalue weighted by Gasteiger charge is -2.36. The van der Waals surface area contributed by atoms with Crippen molar-refractivity contribution in [2.45, 2.75) is 51.3 Å². The summed E-state index contributed by atoms with van der Waals surface area (Å²) in [5, 5.41) is 2.87. The fraction of sp³-hybridized carbons (Fsp3) is 0.333. The van der Waals surface area contributed by atoms with Gasteiger partial charge in [0.05, 0.1) is 20.8 Å². The fourth-order valence-corrected chi connectivity index (χ4v) is 7.12. The zero-order chi connectivity index (χ0) is 25.1. The molecule has 0 aliphatic heterocycles. The molecule has 1 unspecified atom stereocenters. The maximum Gasteiger partial charge on any atom is 0.263 e. The van der Waals surface area contributed by atoms with Gasteiger partial charge in [-0.1, -0.05) is 86.3 Å². The van der Waals surface area contributed by atoms with Crippen molar-refractivity contribution < 1.29 is 12.8 Å². The lowest BCUT2D eigenvalue weighted by molar-refractivity contribution is 0.179. The predicted octanol–water partition coefficient (Wildman–Crippen LogP) is 8.89. The number of hydrogen-bond acceptors (Lipinski definition) is 3. The van der Waals surface area contributed by atoms with Crippen molar-refractivity contribution in [3.05, 3.63) is 68.9 Å². The van der Waals surface area contributed by atoms with Crippen molar-refractivity contribution >= 4 is 72.3 Å². The predicted molar refractivity (Wildman–Crippen MR) is 146 cm³/mol. The van der Waals surface area contributed by atoms with Crippen LogP contribution in [0.3, 0.4) is 0 Å². The molecular formula is C27H26Cl3NO3S. The van der Waals surface area contributed by atoms with Crippen LogP contribution >= 0.6 is 34.8 Å². The smallest absolute Gasteiger partial charge is 0.263 e. The topological polar surface area (TPSA) is 59.3 Å². The Labute approximate surface area is 220 Å². The highest BCUT2D eigenvalue weighted by Gasteiger charge is 2.34. The van der Waals surface area contributed by atoms with Gasteiger partial charge in [0.2, 0.25) is 0 Å². The van der Waals surface area contributed by atoms with Crippen LogP contribution in [0.15, 0.2) is 51.8 Å². The molecule has 1 aromatic heterocycles. The molecule has 0 saturated heterocycles. The van der Waals surface area contributed by atoms with Gasteiger partial charge in [-0.15, -0.1) is 0 Å². The van der Waals surface area contributed by atoms with Crippen LogP contribution in [0.5, 0.6) is 0 Å². The Kier molecular flexibility index (Phi) is 6.28. The van der Waals surface area contributed by atoms with Crippen LogP contribution in [0, 0.1) is 11.3 Å². The molecule has 1 N–H and O–H groups in total. The third-order valence-electron chi connectivity index (χ3n) is 7.58. The molecule has 4 nitrogen and oxygen atoms in total. The maximum atomic E-state index is 13.4. The van der Waals surface area contributed by atoms with E-state index in [1.807, 2.05) is 30.3 Å². The number of rotatable bonds is 5. The minimum absolute atomic E-state index is 0.00242. The highest BCUT2D eigenvalue weighted by molar-refractivity contribution is 7.92. The van der Waals surface area contributed by atoms with Crippen LogP contribution in [-0.2, 0) is 22.9 Å². The van der Waals surface area contributed by atoms with Gasteiger partial charge in [-0.3, -0.25) is 4.72 Å². The van der Waals surface area contributed by atoms with E-state index < -0.39 is 10.0 Å². The number of fused-ring (bicyclic) bond motifs is 5. The Morgan fingerprint density at radius 2 is 1.69 bits per heavy atom. The molecular weight excluding hydrogens is 525 g/mol. The minimum atomic E-state index is -4.04. The van der Waals surface area contributed by atoms with E-state index in [0.717, 1.165) is 53.2 Å². The summed E-state index contributed by atoms with van der Waals surface area (Å²) in [5.74, 6) is 1.53. The van der Waals surface area contributed by atoms with Crippen LogP contribution in [0.2, 0.25) is 15.1 Å². The average Bonchev–Trinajstić information content (AvgIpc) is 3.19. The normalized spacial score (nSPS) is 16.6. The highest BCUT2D eigenvalue weighted by Crippen LogP contribution is 2.45. The number of hydrogen-bond donors (Lipinski definition) is 1. The number of furan rings is 1. The first-order valence-electron chi connectivity index (χ1n) is 11.6. The molecule has 0 saturated carbocycles. The molecule has 4 aromatic rings. The molecule has 5 rings (SSSR count). The third-order valence-corrected chi connectivity index (χ3v) is 10.1. The zero-order valence-corrected chi connectivity index (χ0v) is 22.8. The molecule has 8 heteroatoms. The van der Waals surface area contributed by atoms with Gasteiger partial charge in [-0.25, -0.2) is 8.42 Å². The summed E-state index contributed by atoms with van der Waals surface area (Å²) in [6, 6.07) is 12.2. The van der Waals surface area contributed by atoms with E-state index in [2.05, 4.69) is 25.5 Å². The Morgan fingerprint density at radius 3 is 2.40 bits per heavy atom. The lowest BCUT2D eigenvalue weighted by atomic mass is 9.69. The Morgan fingerprint density at radius 1 is 1.00 bits per heavy atom. The lowest BCUT2D eigenvalue weighted by Crippen LogP contribution is -2.28. The molecule has 0 spiro atoms.